The van der Waals surface area contributed by atoms with E-state index >= 15 is 0 Å². The second-order valence-electron chi connectivity index (χ2n) is 6.78. The summed E-state index contributed by atoms with van der Waals surface area (Å²) in [4.78, 5) is 28.8. The van der Waals surface area contributed by atoms with E-state index in [0.29, 0.717) is 25.4 Å². The molecule has 3 rings (SSSR count). The standard InChI is InChI=1S/C17H21F2N3O3/c18-17(19)8-12(9-17)16(24)22-5-2-11(3-6-22)10-25-13-1-4-21-14(7-13)15(20)23/h1,4,7,11-12H,2-3,5-6,8-10H2,(H2,20,23). The van der Waals surface area contributed by atoms with E-state index in [4.69, 9.17) is 10.5 Å². The number of aromatic nitrogens is 1. The van der Waals surface area contributed by atoms with Crippen molar-refractivity contribution in [3.8, 4) is 5.75 Å². The number of piperidine rings is 1. The first-order valence-corrected chi connectivity index (χ1v) is 8.39. The van der Waals surface area contributed by atoms with Crippen LogP contribution >= 0.6 is 0 Å². The lowest BCUT2D eigenvalue weighted by Crippen LogP contribution is -2.49. The minimum absolute atomic E-state index is 0.148. The van der Waals surface area contributed by atoms with Crippen LogP contribution in [0.5, 0.6) is 5.75 Å². The highest BCUT2D eigenvalue weighted by molar-refractivity contribution is 5.91. The maximum atomic E-state index is 12.9. The molecular formula is C17H21F2N3O3. The number of primary amides is 1. The summed E-state index contributed by atoms with van der Waals surface area (Å²) in [6, 6.07) is 3.15. The SMILES string of the molecule is NC(=O)c1cc(OCC2CCN(C(=O)C3CC(F)(F)C3)CC2)ccn1. The zero-order chi connectivity index (χ0) is 18.0. The van der Waals surface area contributed by atoms with Gasteiger partial charge in [-0.05, 0) is 24.8 Å². The molecule has 1 aliphatic carbocycles. The highest BCUT2D eigenvalue weighted by atomic mass is 19.3. The quantitative estimate of drug-likeness (QED) is 0.875. The highest BCUT2D eigenvalue weighted by Crippen LogP contribution is 2.43. The third-order valence-electron chi connectivity index (χ3n) is 4.84. The fourth-order valence-corrected chi connectivity index (χ4v) is 3.26. The number of pyridine rings is 1. The number of nitrogens with zero attached hydrogens (tertiary/aromatic N) is 2. The first-order valence-electron chi connectivity index (χ1n) is 8.39. The normalized spacial score (nSPS) is 20.8. The van der Waals surface area contributed by atoms with Crippen molar-refractivity contribution < 1.29 is 23.1 Å². The van der Waals surface area contributed by atoms with Gasteiger partial charge in [-0.15, -0.1) is 0 Å². The Morgan fingerprint density at radius 3 is 2.60 bits per heavy atom. The van der Waals surface area contributed by atoms with Crippen LogP contribution in [0.1, 0.15) is 36.2 Å². The molecule has 2 amide bonds. The number of carbonyl (C=O) groups excluding carboxylic acids is 2. The van der Waals surface area contributed by atoms with Gasteiger partial charge in [-0.25, -0.2) is 8.78 Å². The number of likely N-dealkylation sites (tertiary alicyclic amines) is 1. The average Bonchev–Trinajstić information content (AvgIpc) is 2.58. The maximum absolute atomic E-state index is 12.9. The number of hydrogen-bond acceptors (Lipinski definition) is 4. The number of halogens is 2. The number of carbonyl (C=O) groups is 2. The lowest BCUT2D eigenvalue weighted by molar-refractivity contribution is -0.161. The molecule has 2 N–H and O–H groups in total. The molecule has 1 saturated carbocycles. The minimum Gasteiger partial charge on any atom is -0.493 e. The van der Waals surface area contributed by atoms with Crippen molar-refractivity contribution in [1.29, 1.82) is 0 Å². The lowest BCUT2D eigenvalue weighted by atomic mass is 9.80. The zero-order valence-electron chi connectivity index (χ0n) is 13.8. The number of ether oxygens (including phenoxy) is 1. The fourth-order valence-electron chi connectivity index (χ4n) is 3.26. The molecule has 0 aromatic carbocycles. The summed E-state index contributed by atoms with van der Waals surface area (Å²) in [5, 5.41) is 0. The first-order chi connectivity index (χ1) is 11.8. The molecular weight excluding hydrogens is 332 g/mol. The molecule has 0 radical (unpaired) electrons. The second-order valence-corrected chi connectivity index (χ2v) is 6.78. The van der Waals surface area contributed by atoms with E-state index in [1.54, 1.807) is 11.0 Å². The van der Waals surface area contributed by atoms with Gasteiger partial charge < -0.3 is 15.4 Å². The Morgan fingerprint density at radius 1 is 1.32 bits per heavy atom. The van der Waals surface area contributed by atoms with Gasteiger partial charge in [0.05, 0.1) is 6.61 Å². The third kappa shape index (κ3) is 4.24. The van der Waals surface area contributed by atoms with Crippen LogP contribution in [0.2, 0.25) is 0 Å². The van der Waals surface area contributed by atoms with Crippen molar-refractivity contribution in [2.45, 2.75) is 31.6 Å². The van der Waals surface area contributed by atoms with Crippen molar-refractivity contribution in [2.75, 3.05) is 19.7 Å². The van der Waals surface area contributed by atoms with Gasteiger partial charge in [-0.1, -0.05) is 0 Å². The number of hydrogen-bond donors (Lipinski definition) is 1. The van der Waals surface area contributed by atoms with Crippen LogP contribution in [0.4, 0.5) is 8.78 Å². The number of nitrogens with two attached hydrogens (primary N) is 1. The van der Waals surface area contributed by atoms with E-state index in [2.05, 4.69) is 4.98 Å². The van der Waals surface area contributed by atoms with E-state index in [0.717, 1.165) is 12.8 Å². The Morgan fingerprint density at radius 2 is 2.00 bits per heavy atom. The smallest absolute Gasteiger partial charge is 0.267 e. The van der Waals surface area contributed by atoms with Crippen molar-refractivity contribution in [3.05, 3.63) is 24.0 Å². The molecule has 0 unspecified atom stereocenters. The third-order valence-corrected chi connectivity index (χ3v) is 4.84. The molecule has 8 heteroatoms. The Hall–Kier alpha value is -2.25. The Bertz CT molecular complexity index is 652. The number of amides is 2. The van der Waals surface area contributed by atoms with Crippen LogP contribution in [0.15, 0.2) is 18.3 Å². The maximum Gasteiger partial charge on any atom is 0.267 e. The summed E-state index contributed by atoms with van der Waals surface area (Å²) in [5.74, 6) is -3.15. The van der Waals surface area contributed by atoms with Gasteiger partial charge in [0.2, 0.25) is 11.8 Å². The molecule has 0 atom stereocenters. The van der Waals surface area contributed by atoms with Crippen LogP contribution in [0.3, 0.4) is 0 Å². The minimum atomic E-state index is -2.67. The molecule has 0 spiro atoms. The molecule has 2 fully saturated rings. The highest BCUT2D eigenvalue weighted by Gasteiger charge is 2.49. The monoisotopic (exact) mass is 353 g/mol. The summed E-state index contributed by atoms with van der Waals surface area (Å²) in [6.45, 7) is 1.60. The summed E-state index contributed by atoms with van der Waals surface area (Å²) in [7, 11) is 0. The van der Waals surface area contributed by atoms with Crippen LogP contribution in [-0.2, 0) is 4.79 Å². The molecule has 6 nitrogen and oxygen atoms in total. The lowest BCUT2D eigenvalue weighted by Gasteiger charge is -2.39. The van der Waals surface area contributed by atoms with Gasteiger partial charge in [0.1, 0.15) is 11.4 Å². The Balaban J connectivity index is 1.43. The van der Waals surface area contributed by atoms with Crippen molar-refractivity contribution >= 4 is 11.8 Å². The van der Waals surface area contributed by atoms with E-state index in [1.807, 2.05) is 0 Å². The molecule has 0 bridgehead atoms. The van der Waals surface area contributed by atoms with Crippen molar-refractivity contribution in [1.82, 2.24) is 9.88 Å². The molecule has 136 valence electrons. The average molecular weight is 353 g/mol. The van der Waals surface area contributed by atoms with E-state index in [1.165, 1.54) is 12.3 Å². The van der Waals surface area contributed by atoms with E-state index < -0.39 is 17.7 Å². The fraction of sp³-hybridized carbons (Fsp3) is 0.588. The van der Waals surface area contributed by atoms with Gasteiger partial charge in [0, 0.05) is 44.1 Å². The van der Waals surface area contributed by atoms with Crippen LogP contribution < -0.4 is 10.5 Å². The first kappa shape index (κ1) is 17.6. The van der Waals surface area contributed by atoms with Gasteiger partial charge in [0.15, 0.2) is 0 Å². The Kier molecular flexibility index (Phi) is 4.87. The van der Waals surface area contributed by atoms with Crippen LogP contribution in [0, 0.1) is 11.8 Å². The van der Waals surface area contributed by atoms with Crippen molar-refractivity contribution in [2.24, 2.45) is 17.6 Å². The second kappa shape index (κ2) is 6.93. The van der Waals surface area contributed by atoms with Crippen molar-refractivity contribution in [3.63, 3.8) is 0 Å². The molecule has 2 heterocycles. The molecule has 25 heavy (non-hydrogen) atoms. The molecule has 1 aromatic rings. The number of alkyl halides is 2. The largest absolute Gasteiger partial charge is 0.493 e. The topological polar surface area (TPSA) is 85.5 Å². The Labute approximate surface area is 144 Å². The molecule has 2 aliphatic rings. The summed E-state index contributed by atoms with van der Waals surface area (Å²) < 4.78 is 31.5. The predicted molar refractivity (Wildman–Crippen MR) is 85.2 cm³/mol. The van der Waals surface area contributed by atoms with Gasteiger partial charge in [0.25, 0.3) is 5.91 Å². The van der Waals surface area contributed by atoms with E-state index in [9.17, 15) is 18.4 Å². The molecule has 1 saturated heterocycles. The molecule has 1 aromatic heterocycles. The van der Waals surface area contributed by atoms with Gasteiger partial charge in [-0.3, -0.25) is 14.6 Å². The van der Waals surface area contributed by atoms with Crippen LogP contribution in [-0.4, -0.2) is 47.3 Å². The van der Waals surface area contributed by atoms with E-state index in [-0.39, 0.29) is 30.4 Å². The predicted octanol–water partition coefficient (Wildman–Crippen LogP) is 1.84. The summed E-state index contributed by atoms with van der Waals surface area (Å²) in [6.07, 6.45) is 2.36. The van der Waals surface area contributed by atoms with Gasteiger partial charge >= 0.3 is 0 Å². The summed E-state index contributed by atoms with van der Waals surface area (Å²) in [5.41, 5.74) is 5.33. The summed E-state index contributed by atoms with van der Waals surface area (Å²) >= 11 is 0. The molecule has 1 aliphatic heterocycles. The van der Waals surface area contributed by atoms with Gasteiger partial charge in [-0.2, -0.15) is 0 Å². The van der Waals surface area contributed by atoms with Crippen LogP contribution in [0.25, 0.3) is 0 Å². The number of rotatable bonds is 5. The zero-order valence-corrected chi connectivity index (χ0v) is 13.8.